The summed E-state index contributed by atoms with van der Waals surface area (Å²) < 4.78 is 31.7. The van der Waals surface area contributed by atoms with E-state index in [2.05, 4.69) is 15.3 Å². The molecule has 0 saturated heterocycles. The van der Waals surface area contributed by atoms with Crippen molar-refractivity contribution in [1.82, 2.24) is 15.3 Å². The Labute approximate surface area is 161 Å². The van der Waals surface area contributed by atoms with Crippen LogP contribution in [0, 0.1) is 0 Å². The number of alkyl halides is 3. The number of carboxylic acid groups (broad SMARTS) is 2. The van der Waals surface area contributed by atoms with Crippen LogP contribution in [0.25, 0.3) is 0 Å². The molecule has 0 saturated carbocycles. The predicted molar refractivity (Wildman–Crippen MR) is 90.7 cm³/mol. The third kappa shape index (κ3) is 8.76. The van der Waals surface area contributed by atoms with E-state index in [1.165, 1.54) is 6.33 Å². The third-order valence-electron chi connectivity index (χ3n) is 2.99. The lowest BCUT2D eigenvalue weighted by Crippen LogP contribution is -2.38. The maximum absolute atomic E-state index is 11.2. The molecule has 0 radical (unpaired) electrons. The fraction of sp³-hybridized carbons (Fsp3) is 0.267. The molecular weight excluding hydrogens is 414 g/mol. The Bertz CT molecular complexity index is 750. The summed E-state index contributed by atoms with van der Waals surface area (Å²) in [5.74, 6) is -3.68. The summed E-state index contributed by atoms with van der Waals surface area (Å²) in [6.45, 7) is 0.366. The number of imidazole rings is 1. The van der Waals surface area contributed by atoms with Gasteiger partial charge in [0.1, 0.15) is 6.04 Å². The quantitative estimate of drug-likeness (QED) is 0.562. The van der Waals surface area contributed by atoms with Gasteiger partial charge in [0.25, 0.3) is 0 Å². The van der Waals surface area contributed by atoms with E-state index in [0.717, 1.165) is 11.3 Å². The molecule has 0 aliphatic heterocycles. The largest absolute Gasteiger partial charge is 0.490 e. The third-order valence-corrected chi connectivity index (χ3v) is 3.43. The number of benzene rings is 1. The molecule has 148 valence electrons. The lowest BCUT2D eigenvalue weighted by atomic mass is 10.1. The Morgan fingerprint density at radius 1 is 1.19 bits per heavy atom. The summed E-state index contributed by atoms with van der Waals surface area (Å²) >= 11 is 11.8. The minimum atomic E-state index is -5.08. The number of aromatic amines is 1. The Morgan fingerprint density at radius 2 is 1.74 bits per heavy atom. The molecule has 1 atom stereocenters. The molecule has 2 aromatic rings. The topological polar surface area (TPSA) is 115 Å². The molecule has 0 aliphatic carbocycles. The molecule has 1 aromatic heterocycles. The number of H-pyrrole nitrogens is 1. The van der Waals surface area contributed by atoms with Gasteiger partial charge >= 0.3 is 18.1 Å². The normalized spacial score (nSPS) is 12.0. The maximum atomic E-state index is 11.2. The van der Waals surface area contributed by atoms with E-state index in [4.69, 9.17) is 33.1 Å². The van der Waals surface area contributed by atoms with Gasteiger partial charge in [0, 0.05) is 34.9 Å². The Morgan fingerprint density at radius 3 is 2.15 bits per heavy atom. The van der Waals surface area contributed by atoms with Gasteiger partial charge in [0.2, 0.25) is 0 Å². The summed E-state index contributed by atoms with van der Waals surface area (Å²) in [6, 6.07) is 4.41. The second-order valence-electron chi connectivity index (χ2n) is 5.13. The molecule has 1 heterocycles. The van der Waals surface area contributed by atoms with Crippen LogP contribution in [0.3, 0.4) is 0 Å². The summed E-state index contributed by atoms with van der Waals surface area (Å²) in [5, 5.41) is 20.3. The van der Waals surface area contributed by atoms with Crippen molar-refractivity contribution in [3.8, 4) is 0 Å². The highest BCUT2D eigenvalue weighted by atomic mass is 35.5. The zero-order chi connectivity index (χ0) is 20.6. The first kappa shape index (κ1) is 22.7. The zero-order valence-corrected chi connectivity index (χ0v) is 14.9. The standard InChI is InChI=1S/C13H13Cl2N3O2.C2HF3O2/c14-9-1-8(2-10(15)3-9)5-17-12(13(19)20)4-11-6-16-7-18-11;3-2(4,5)1(6)7/h1-3,6-7,12,17H,4-5H2,(H,16,18)(H,19,20);(H,6,7). The van der Waals surface area contributed by atoms with Gasteiger partial charge in [0.05, 0.1) is 6.33 Å². The number of aliphatic carboxylic acids is 2. The number of carboxylic acids is 2. The minimum Gasteiger partial charge on any atom is -0.480 e. The van der Waals surface area contributed by atoms with Crippen LogP contribution in [-0.2, 0) is 22.6 Å². The fourth-order valence-electron chi connectivity index (χ4n) is 1.82. The summed E-state index contributed by atoms with van der Waals surface area (Å²) in [7, 11) is 0. The Hall–Kier alpha value is -2.30. The van der Waals surface area contributed by atoms with Crippen molar-refractivity contribution in [3.63, 3.8) is 0 Å². The van der Waals surface area contributed by atoms with Crippen molar-refractivity contribution >= 4 is 35.1 Å². The first-order valence-corrected chi connectivity index (χ1v) is 7.93. The van der Waals surface area contributed by atoms with E-state index in [1.54, 1.807) is 24.4 Å². The number of nitrogens with zero attached hydrogens (tertiary/aromatic N) is 1. The highest BCUT2D eigenvalue weighted by molar-refractivity contribution is 6.34. The number of aromatic nitrogens is 2. The molecule has 12 heteroatoms. The molecule has 0 bridgehead atoms. The number of rotatable bonds is 6. The van der Waals surface area contributed by atoms with Crippen molar-refractivity contribution in [2.45, 2.75) is 25.2 Å². The molecule has 0 amide bonds. The fourth-order valence-corrected chi connectivity index (χ4v) is 2.39. The van der Waals surface area contributed by atoms with Crippen LogP contribution < -0.4 is 5.32 Å². The molecule has 2 rings (SSSR count). The van der Waals surface area contributed by atoms with Crippen molar-refractivity contribution in [2.75, 3.05) is 0 Å². The van der Waals surface area contributed by atoms with Gasteiger partial charge in [-0.05, 0) is 23.8 Å². The van der Waals surface area contributed by atoms with Crippen molar-refractivity contribution in [3.05, 3.63) is 52.0 Å². The highest BCUT2D eigenvalue weighted by Crippen LogP contribution is 2.19. The maximum Gasteiger partial charge on any atom is 0.490 e. The van der Waals surface area contributed by atoms with E-state index in [0.29, 0.717) is 23.0 Å². The average Bonchev–Trinajstić information content (AvgIpc) is 3.03. The van der Waals surface area contributed by atoms with Gasteiger partial charge < -0.3 is 15.2 Å². The first-order chi connectivity index (χ1) is 12.5. The first-order valence-electron chi connectivity index (χ1n) is 7.17. The molecule has 27 heavy (non-hydrogen) atoms. The lowest BCUT2D eigenvalue weighted by Gasteiger charge is -2.14. The van der Waals surface area contributed by atoms with Crippen LogP contribution in [-0.4, -0.2) is 44.3 Å². The van der Waals surface area contributed by atoms with Gasteiger partial charge in [0.15, 0.2) is 0 Å². The molecule has 0 fully saturated rings. The zero-order valence-electron chi connectivity index (χ0n) is 13.4. The molecule has 0 spiro atoms. The SMILES string of the molecule is O=C(O)C(Cc1cnc[nH]1)NCc1cc(Cl)cc(Cl)c1.O=C(O)C(F)(F)F. The smallest absolute Gasteiger partial charge is 0.480 e. The molecule has 1 aromatic carbocycles. The van der Waals surface area contributed by atoms with Crippen molar-refractivity contribution < 1.29 is 33.0 Å². The number of carbonyl (C=O) groups is 2. The minimum absolute atomic E-state index is 0.323. The molecule has 4 N–H and O–H groups in total. The van der Waals surface area contributed by atoms with Crippen LogP contribution >= 0.6 is 23.2 Å². The Balaban J connectivity index is 0.000000445. The van der Waals surface area contributed by atoms with Crippen LogP contribution in [0.15, 0.2) is 30.7 Å². The van der Waals surface area contributed by atoms with E-state index in [9.17, 15) is 23.1 Å². The van der Waals surface area contributed by atoms with Crippen molar-refractivity contribution in [1.29, 1.82) is 0 Å². The van der Waals surface area contributed by atoms with E-state index >= 15 is 0 Å². The second kappa shape index (κ2) is 10.1. The van der Waals surface area contributed by atoms with Gasteiger partial charge in [-0.25, -0.2) is 9.78 Å². The average molecular weight is 428 g/mol. The summed E-state index contributed by atoms with van der Waals surface area (Å²) in [5.41, 5.74) is 1.59. The molecule has 7 nitrogen and oxygen atoms in total. The number of hydrogen-bond donors (Lipinski definition) is 4. The molecule has 1 unspecified atom stereocenters. The monoisotopic (exact) mass is 427 g/mol. The molecule has 0 aliphatic rings. The highest BCUT2D eigenvalue weighted by Gasteiger charge is 2.38. The van der Waals surface area contributed by atoms with Crippen LogP contribution in [0.2, 0.25) is 10.0 Å². The van der Waals surface area contributed by atoms with Gasteiger partial charge in [-0.1, -0.05) is 23.2 Å². The predicted octanol–water partition coefficient (Wildman–Crippen LogP) is 3.14. The lowest BCUT2D eigenvalue weighted by molar-refractivity contribution is -0.192. The number of nitrogens with one attached hydrogen (secondary N) is 2. The van der Waals surface area contributed by atoms with Crippen LogP contribution in [0.1, 0.15) is 11.3 Å². The Kier molecular flexibility index (Phi) is 8.54. The summed E-state index contributed by atoms with van der Waals surface area (Å²) in [4.78, 5) is 26.9. The van der Waals surface area contributed by atoms with Gasteiger partial charge in [-0.2, -0.15) is 13.2 Å². The van der Waals surface area contributed by atoms with Gasteiger partial charge in [-0.3, -0.25) is 10.1 Å². The summed E-state index contributed by atoms with van der Waals surface area (Å²) in [6.07, 6.45) is -1.64. The van der Waals surface area contributed by atoms with Gasteiger partial charge in [-0.15, -0.1) is 0 Å². The van der Waals surface area contributed by atoms with E-state index in [-0.39, 0.29) is 0 Å². The van der Waals surface area contributed by atoms with E-state index in [1.807, 2.05) is 0 Å². The van der Waals surface area contributed by atoms with E-state index < -0.39 is 24.2 Å². The van der Waals surface area contributed by atoms with Crippen LogP contribution in [0.5, 0.6) is 0 Å². The number of halogens is 5. The van der Waals surface area contributed by atoms with Crippen molar-refractivity contribution in [2.24, 2.45) is 0 Å². The number of hydrogen-bond acceptors (Lipinski definition) is 4. The van der Waals surface area contributed by atoms with Crippen LogP contribution in [0.4, 0.5) is 13.2 Å². The second-order valence-corrected chi connectivity index (χ2v) is 6.01. The molecular formula is C15H14Cl2F3N3O4.